The van der Waals surface area contributed by atoms with Crippen molar-refractivity contribution in [2.45, 2.75) is 24.7 Å². The maximum absolute atomic E-state index is 12.6. The number of hydrogen-bond donors (Lipinski definition) is 1. The van der Waals surface area contributed by atoms with E-state index in [0.29, 0.717) is 24.7 Å². The lowest BCUT2D eigenvalue weighted by Gasteiger charge is -2.29. The first kappa shape index (κ1) is 16.3. The molecule has 1 saturated heterocycles. The standard InChI is InChI=1S/C14H20ClN3O2S/c1-11-5-7-18(8-6-11)21(19,20)13-4-2-3-12(9-13)17-14(16)10-15/h2-4,9,11H,5-8,10H2,1H3,(H2,16,17). The number of alkyl halides is 1. The number of rotatable bonds is 4. The van der Waals surface area contributed by atoms with E-state index in [1.54, 1.807) is 22.5 Å². The molecule has 1 aromatic rings. The summed E-state index contributed by atoms with van der Waals surface area (Å²) in [6.45, 7) is 3.29. The zero-order valence-electron chi connectivity index (χ0n) is 12.0. The molecule has 1 heterocycles. The average molecular weight is 330 g/mol. The molecular weight excluding hydrogens is 310 g/mol. The number of amidine groups is 1. The van der Waals surface area contributed by atoms with Crippen LogP contribution >= 0.6 is 11.6 Å². The zero-order valence-corrected chi connectivity index (χ0v) is 13.6. The summed E-state index contributed by atoms with van der Waals surface area (Å²) in [7, 11) is -3.46. The number of sulfonamides is 1. The number of halogens is 1. The first-order chi connectivity index (χ1) is 9.93. The van der Waals surface area contributed by atoms with Gasteiger partial charge in [0.2, 0.25) is 10.0 Å². The fourth-order valence-corrected chi connectivity index (χ4v) is 3.85. The number of nitrogens with two attached hydrogens (primary N) is 1. The predicted octanol–water partition coefficient (Wildman–Crippen LogP) is 2.33. The van der Waals surface area contributed by atoms with Gasteiger partial charge < -0.3 is 5.73 Å². The summed E-state index contributed by atoms with van der Waals surface area (Å²) in [6, 6.07) is 6.49. The normalized spacial score (nSPS) is 18.9. The molecule has 0 spiro atoms. The third kappa shape index (κ3) is 3.96. The van der Waals surface area contributed by atoms with E-state index in [1.165, 1.54) is 6.07 Å². The van der Waals surface area contributed by atoms with Crippen LogP contribution in [0.2, 0.25) is 0 Å². The van der Waals surface area contributed by atoms with E-state index in [2.05, 4.69) is 11.9 Å². The summed E-state index contributed by atoms with van der Waals surface area (Å²) in [5.41, 5.74) is 6.08. The second-order valence-corrected chi connectivity index (χ2v) is 7.53. The highest BCUT2D eigenvalue weighted by atomic mass is 35.5. The van der Waals surface area contributed by atoms with Gasteiger partial charge in [0, 0.05) is 13.1 Å². The Bertz CT molecular complexity index is 623. The van der Waals surface area contributed by atoms with Gasteiger partial charge in [0.05, 0.1) is 16.5 Å². The van der Waals surface area contributed by atoms with Gasteiger partial charge in [-0.05, 0) is 37.0 Å². The van der Waals surface area contributed by atoms with E-state index >= 15 is 0 Å². The first-order valence-corrected chi connectivity index (χ1v) is 8.90. The third-order valence-electron chi connectivity index (χ3n) is 3.61. The molecule has 2 N–H and O–H groups in total. The average Bonchev–Trinajstić information content (AvgIpc) is 2.48. The van der Waals surface area contributed by atoms with Crippen molar-refractivity contribution in [1.29, 1.82) is 0 Å². The molecule has 1 aliphatic rings. The van der Waals surface area contributed by atoms with Crippen LogP contribution in [0.25, 0.3) is 0 Å². The van der Waals surface area contributed by atoms with Crippen LogP contribution in [-0.2, 0) is 10.0 Å². The molecule has 1 aliphatic heterocycles. The van der Waals surface area contributed by atoms with Crippen molar-refractivity contribution in [2.24, 2.45) is 16.6 Å². The van der Waals surface area contributed by atoms with E-state index in [1.807, 2.05) is 0 Å². The van der Waals surface area contributed by atoms with Gasteiger partial charge in [-0.25, -0.2) is 13.4 Å². The molecule has 1 aromatic carbocycles. The lowest BCUT2D eigenvalue weighted by Crippen LogP contribution is -2.37. The lowest BCUT2D eigenvalue weighted by molar-refractivity contribution is 0.288. The fourth-order valence-electron chi connectivity index (χ4n) is 2.28. The zero-order chi connectivity index (χ0) is 15.5. The van der Waals surface area contributed by atoms with Crippen molar-refractivity contribution in [3.8, 4) is 0 Å². The molecule has 0 amide bonds. The van der Waals surface area contributed by atoms with Crippen molar-refractivity contribution in [3.63, 3.8) is 0 Å². The Morgan fingerprint density at radius 1 is 1.43 bits per heavy atom. The van der Waals surface area contributed by atoms with Crippen molar-refractivity contribution in [3.05, 3.63) is 24.3 Å². The highest BCUT2D eigenvalue weighted by Gasteiger charge is 2.28. The number of benzene rings is 1. The number of aliphatic imine (C=N–C) groups is 1. The Labute approximate surface area is 130 Å². The molecule has 0 unspecified atom stereocenters. The maximum atomic E-state index is 12.6. The number of piperidine rings is 1. The van der Waals surface area contributed by atoms with Crippen LogP contribution in [0, 0.1) is 5.92 Å². The van der Waals surface area contributed by atoms with Crippen LogP contribution in [0.3, 0.4) is 0 Å². The van der Waals surface area contributed by atoms with Crippen molar-refractivity contribution >= 4 is 33.1 Å². The SMILES string of the molecule is CC1CCN(S(=O)(=O)c2cccc(N=C(N)CCl)c2)CC1. The summed E-state index contributed by atoms with van der Waals surface area (Å²) in [5.74, 6) is 0.954. The quantitative estimate of drug-likeness (QED) is 0.523. The molecular formula is C14H20ClN3O2S. The Kier molecular flexibility index (Phi) is 5.24. The number of nitrogens with zero attached hydrogens (tertiary/aromatic N) is 2. The van der Waals surface area contributed by atoms with Crippen LogP contribution in [0.15, 0.2) is 34.2 Å². The van der Waals surface area contributed by atoms with Crippen LogP contribution in [-0.4, -0.2) is 37.5 Å². The molecule has 1 fully saturated rings. The van der Waals surface area contributed by atoms with E-state index < -0.39 is 10.0 Å². The smallest absolute Gasteiger partial charge is 0.243 e. The van der Waals surface area contributed by atoms with Gasteiger partial charge in [0.15, 0.2) is 0 Å². The van der Waals surface area contributed by atoms with Gasteiger partial charge >= 0.3 is 0 Å². The molecule has 2 rings (SSSR count). The van der Waals surface area contributed by atoms with Gasteiger partial charge in [0.1, 0.15) is 5.84 Å². The molecule has 5 nitrogen and oxygen atoms in total. The molecule has 0 aliphatic carbocycles. The van der Waals surface area contributed by atoms with E-state index in [4.69, 9.17) is 17.3 Å². The lowest BCUT2D eigenvalue weighted by atomic mass is 10.0. The molecule has 0 saturated carbocycles. The van der Waals surface area contributed by atoms with Crippen LogP contribution in [0.4, 0.5) is 5.69 Å². The van der Waals surface area contributed by atoms with Crippen molar-refractivity contribution < 1.29 is 8.42 Å². The Hall–Kier alpha value is -1.11. The highest BCUT2D eigenvalue weighted by Crippen LogP contribution is 2.25. The Morgan fingerprint density at radius 3 is 2.71 bits per heavy atom. The van der Waals surface area contributed by atoms with Gasteiger partial charge in [0.25, 0.3) is 0 Å². The van der Waals surface area contributed by atoms with Gasteiger partial charge in [-0.15, -0.1) is 11.6 Å². The van der Waals surface area contributed by atoms with Crippen LogP contribution in [0.1, 0.15) is 19.8 Å². The predicted molar refractivity (Wildman–Crippen MR) is 85.6 cm³/mol. The second-order valence-electron chi connectivity index (χ2n) is 5.32. The van der Waals surface area contributed by atoms with Gasteiger partial charge in [-0.1, -0.05) is 13.0 Å². The highest BCUT2D eigenvalue weighted by molar-refractivity contribution is 7.89. The second kappa shape index (κ2) is 6.77. The minimum absolute atomic E-state index is 0.112. The topological polar surface area (TPSA) is 75.8 Å². The molecule has 0 atom stereocenters. The molecule has 0 bridgehead atoms. The van der Waals surface area contributed by atoms with E-state index in [9.17, 15) is 8.42 Å². The van der Waals surface area contributed by atoms with Crippen LogP contribution in [0.5, 0.6) is 0 Å². The van der Waals surface area contributed by atoms with Gasteiger partial charge in [-0.2, -0.15) is 4.31 Å². The molecule has 21 heavy (non-hydrogen) atoms. The third-order valence-corrected chi connectivity index (χ3v) is 5.78. The van der Waals surface area contributed by atoms with Crippen LogP contribution < -0.4 is 5.73 Å². The largest absolute Gasteiger partial charge is 0.386 e. The molecule has 116 valence electrons. The van der Waals surface area contributed by atoms with Crippen molar-refractivity contribution in [2.75, 3.05) is 19.0 Å². The number of hydrogen-bond acceptors (Lipinski definition) is 3. The first-order valence-electron chi connectivity index (χ1n) is 6.92. The summed E-state index contributed by atoms with van der Waals surface area (Å²) < 4.78 is 26.8. The minimum atomic E-state index is -3.46. The monoisotopic (exact) mass is 329 g/mol. The molecule has 0 aromatic heterocycles. The fraction of sp³-hybridized carbons (Fsp3) is 0.500. The Morgan fingerprint density at radius 2 is 2.10 bits per heavy atom. The van der Waals surface area contributed by atoms with Gasteiger partial charge in [-0.3, -0.25) is 0 Å². The van der Waals surface area contributed by atoms with E-state index in [0.717, 1.165) is 12.8 Å². The minimum Gasteiger partial charge on any atom is -0.386 e. The summed E-state index contributed by atoms with van der Waals surface area (Å²) >= 11 is 5.58. The molecule has 7 heteroatoms. The van der Waals surface area contributed by atoms with Crippen molar-refractivity contribution in [1.82, 2.24) is 4.31 Å². The Balaban J connectivity index is 2.26. The maximum Gasteiger partial charge on any atom is 0.243 e. The summed E-state index contributed by atoms with van der Waals surface area (Å²) in [6.07, 6.45) is 1.80. The van der Waals surface area contributed by atoms with E-state index in [-0.39, 0.29) is 16.6 Å². The summed E-state index contributed by atoms with van der Waals surface area (Å²) in [4.78, 5) is 4.34. The molecule has 0 radical (unpaired) electrons. The summed E-state index contributed by atoms with van der Waals surface area (Å²) in [5, 5.41) is 0.